The van der Waals surface area contributed by atoms with Crippen molar-refractivity contribution in [3.63, 3.8) is 0 Å². The van der Waals surface area contributed by atoms with Crippen LogP contribution in [-0.2, 0) is 0 Å². The number of nitrogens with one attached hydrogen (secondary N) is 1. The Morgan fingerprint density at radius 3 is 2.75 bits per heavy atom. The highest BCUT2D eigenvalue weighted by Crippen LogP contribution is 2.16. The summed E-state index contributed by atoms with van der Waals surface area (Å²) < 4.78 is 5.07. The molecule has 0 fully saturated rings. The highest BCUT2D eigenvalue weighted by molar-refractivity contribution is 5.84. The molecule has 2 unspecified atom stereocenters. The van der Waals surface area contributed by atoms with Crippen molar-refractivity contribution in [2.45, 2.75) is 19.1 Å². The monoisotopic (exact) mass is 229 g/mol. The van der Waals surface area contributed by atoms with E-state index in [1.165, 1.54) is 6.07 Å². The summed E-state index contributed by atoms with van der Waals surface area (Å²) in [5.41, 5.74) is 0. The minimum absolute atomic E-state index is 0.119. The van der Waals surface area contributed by atoms with E-state index < -0.39 is 12.1 Å². The zero-order chi connectivity index (χ0) is 12.1. The van der Waals surface area contributed by atoms with E-state index in [0.29, 0.717) is 5.76 Å². The second kappa shape index (κ2) is 5.64. The van der Waals surface area contributed by atoms with Crippen molar-refractivity contribution in [1.82, 2.24) is 5.32 Å². The van der Waals surface area contributed by atoms with Crippen LogP contribution in [0.3, 0.4) is 0 Å². The van der Waals surface area contributed by atoms with Gasteiger partial charge in [0.1, 0.15) is 5.76 Å². The normalized spacial score (nSPS) is 14.7. The van der Waals surface area contributed by atoms with Crippen molar-refractivity contribution in [1.29, 1.82) is 0 Å². The smallest absolute Gasteiger partial charge is 0.371 e. The lowest BCUT2D eigenvalue weighted by molar-refractivity contribution is 0.0658. The molecule has 4 N–H and O–H groups in total. The van der Waals surface area contributed by atoms with Crippen molar-refractivity contribution in [2.75, 3.05) is 13.2 Å². The first-order valence-electron chi connectivity index (χ1n) is 4.90. The van der Waals surface area contributed by atoms with Crippen LogP contribution in [0, 0.1) is 0 Å². The van der Waals surface area contributed by atoms with Gasteiger partial charge in [-0.25, -0.2) is 4.79 Å². The van der Waals surface area contributed by atoms with Crippen LogP contribution in [0.15, 0.2) is 16.5 Å². The topological polar surface area (TPSA) is 103 Å². The number of hydrogen-bond acceptors (Lipinski definition) is 5. The van der Waals surface area contributed by atoms with Gasteiger partial charge in [-0.15, -0.1) is 0 Å². The molecule has 16 heavy (non-hydrogen) atoms. The number of carbonyl (C=O) groups is 1. The molecule has 0 saturated heterocycles. The Morgan fingerprint density at radius 1 is 1.56 bits per heavy atom. The summed E-state index contributed by atoms with van der Waals surface area (Å²) in [6.45, 7) is 1.66. The third-order valence-corrected chi connectivity index (χ3v) is 2.13. The maximum Gasteiger partial charge on any atom is 0.371 e. The average molecular weight is 229 g/mol. The fourth-order valence-corrected chi connectivity index (χ4v) is 1.18. The molecule has 0 aromatic carbocycles. The molecular formula is C10H15NO5. The van der Waals surface area contributed by atoms with Gasteiger partial charge in [0.15, 0.2) is 0 Å². The van der Waals surface area contributed by atoms with Crippen LogP contribution in [0.4, 0.5) is 0 Å². The molecule has 90 valence electrons. The van der Waals surface area contributed by atoms with Crippen LogP contribution >= 0.6 is 0 Å². The van der Waals surface area contributed by atoms with E-state index in [1.807, 2.05) is 0 Å². The first kappa shape index (κ1) is 12.7. The fourth-order valence-electron chi connectivity index (χ4n) is 1.18. The quantitative estimate of drug-likeness (QED) is 0.546. The summed E-state index contributed by atoms with van der Waals surface area (Å²) in [6.07, 6.45) is -0.837. The first-order valence-corrected chi connectivity index (χ1v) is 4.90. The molecule has 0 amide bonds. The fraction of sp³-hybridized carbons (Fsp3) is 0.500. The van der Waals surface area contributed by atoms with E-state index in [4.69, 9.17) is 19.7 Å². The van der Waals surface area contributed by atoms with Gasteiger partial charge in [0.2, 0.25) is 5.76 Å². The molecule has 2 atom stereocenters. The van der Waals surface area contributed by atoms with Gasteiger partial charge in [-0.3, -0.25) is 0 Å². The summed E-state index contributed by atoms with van der Waals surface area (Å²) in [7, 11) is 0. The lowest BCUT2D eigenvalue weighted by Crippen LogP contribution is -2.31. The van der Waals surface area contributed by atoms with Gasteiger partial charge in [-0.2, -0.15) is 0 Å². The van der Waals surface area contributed by atoms with E-state index >= 15 is 0 Å². The largest absolute Gasteiger partial charge is 0.475 e. The molecule has 0 saturated carbocycles. The molecule has 0 bridgehead atoms. The van der Waals surface area contributed by atoms with E-state index in [9.17, 15) is 4.79 Å². The molecule has 6 nitrogen and oxygen atoms in total. The Morgan fingerprint density at radius 2 is 2.25 bits per heavy atom. The Labute approximate surface area is 92.5 Å². The van der Waals surface area contributed by atoms with Crippen LogP contribution in [0.25, 0.3) is 0 Å². The van der Waals surface area contributed by atoms with Crippen molar-refractivity contribution in [2.24, 2.45) is 0 Å². The van der Waals surface area contributed by atoms with Gasteiger partial charge in [-0.1, -0.05) is 0 Å². The SMILES string of the molecule is CC(NCC(O)CO)c1ccc(C(=O)O)o1. The van der Waals surface area contributed by atoms with Crippen LogP contribution in [0.2, 0.25) is 0 Å². The number of aliphatic hydroxyl groups is 2. The Bertz CT molecular complexity index is 349. The number of furan rings is 1. The molecule has 0 spiro atoms. The Balaban J connectivity index is 2.52. The van der Waals surface area contributed by atoms with Crippen molar-refractivity contribution >= 4 is 5.97 Å². The Kier molecular flexibility index (Phi) is 4.48. The van der Waals surface area contributed by atoms with Crippen molar-refractivity contribution < 1.29 is 24.5 Å². The highest BCUT2D eigenvalue weighted by Gasteiger charge is 2.14. The van der Waals surface area contributed by atoms with Crippen LogP contribution in [0.1, 0.15) is 29.3 Å². The van der Waals surface area contributed by atoms with Crippen LogP contribution in [-0.4, -0.2) is 40.5 Å². The Hall–Kier alpha value is -1.37. The molecule has 0 aliphatic heterocycles. The van der Waals surface area contributed by atoms with E-state index in [-0.39, 0.29) is 25.0 Å². The maximum atomic E-state index is 10.6. The molecular weight excluding hydrogens is 214 g/mol. The lowest BCUT2D eigenvalue weighted by atomic mass is 10.2. The molecule has 0 radical (unpaired) electrons. The third kappa shape index (κ3) is 3.34. The molecule has 0 aliphatic rings. The molecule has 1 heterocycles. The number of aromatic carboxylic acids is 1. The average Bonchev–Trinajstić information content (AvgIpc) is 2.74. The highest BCUT2D eigenvalue weighted by atomic mass is 16.4. The predicted molar refractivity (Wildman–Crippen MR) is 55.2 cm³/mol. The van der Waals surface area contributed by atoms with Crippen LogP contribution < -0.4 is 5.32 Å². The van der Waals surface area contributed by atoms with Gasteiger partial charge < -0.3 is 25.1 Å². The van der Waals surface area contributed by atoms with Crippen molar-refractivity contribution in [3.05, 3.63) is 23.7 Å². The summed E-state index contributed by atoms with van der Waals surface area (Å²) in [4.78, 5) is 10.6. The number of rotatable bonds is 6. The third-order valence-electron chi connectivity index (χ3n) is 2.13. The lowest BCUT2D eigenvalue weighted by Gasteiger charge is -2.13. The maximum absolute atomic E-state index is 10.6. The van der Waals surface area contributed by atoms with Gasteiger partial charge in [0, 0.05) is 6.54 Å². The molecule has 6 heteroatoms. The number of carboxylic acids is 1. The zero-order valence-corrected chi connectivity index (χ0v) is 8.88. The van der Waals surface area contributed by atoms with Gasteiger partial charge in [0.05, 0.1) is 18.8 Å². The number of aliphatic hydroxyl groups excluding tert-OH is 2. The van der Waals surface area contributed by atoms with Gasteiger partial charge in [0.25, 0.3) is 0 Å². The van der Waals surface area contributed by atoms with Gasteiger partial charge in [-0.05, 0) is 19.1 Å². The summed E-state index contributed by atoms with van der Waals surface area (Å²) in [5.74, 6) is -0.761. The summed E-state index contributed by atoms with van der Waals surface area (Å²) in [5, 5.41) is 29.3. The number of hydrogen-bond donors (Lipinski definition) is 4. The summed E-state index contributed by atoms with van der Waals surface area (Å²) >= 11 is 0. The zero-order valence-electron chi connectivity index (χ0n) is 8.88. The van der Waals surface area contributed by atoms with E-state index in [2.05, 4.69) is 5.32 Å². The van der Waals surface area contributed by atoms with E-state index in [0.717, 1.165) is 0 Å². The predicted octanol–water partition coefficient (Wildman–Crippen LogP) is -0.0184. The minimum atomic E-state index is -1.12. The number of carboxylic acid groups (broad SMARTS) is 1. The van der Waals surface area contributed by atoms with Crippen molar-refractivity contribution in [3.8, 4) is 0 Å². The molecule has 1 aromatic heterocycles. The summed E-state index contributed by atoms with van der Waals surface area (Å²) in [6, 6.07) is 2.71. The van der Waals surface area contributed by atoms with E-state index in [1.54, 1.807) is 13.0 Å². The first-order chi connectivity index (χ1) is 7.54. The molecule has 0 aliphatic carbocycles. The van der Waals surface area contributed by atoms with Gasteiger partial charge >= 0.3 is 5.97 Å². The standard InChI is InChI=1S/C10H15NO5/c1-6(11-4-7(13)5-12)8-2-3-9(16-8)10(14)15/h2-3,6-7,11-13H,4-5H2,1H3,(H,14,15). The molecule has 1 rings (SSSR count). The molecule has 1 aromatic rings. The second-order valence-electron chi connectivity index (χ2n) is 3.47. The second-order valence-corrected chi connectivity index (χ2v) is 3.47. The van der Waals surface area contributed by atoms with Crippen LogP contribution in [0.5, 0.6) is 0 Å². The minimum Gasteiger partial charge on any atom is -0.475 e.